The zero-order valence-corrected chi connectivity index (χ0v) is 21.4. The largest absolute Gasteiger partial charge is 0.463 e. The molecule has 11 nitrogen and oxygen atoms in total. The van der Waals surface area contributed by atoms with Crippen molar-refractivity contribution in [2.24, 2.45) is 0 Å². The van der Waals surface area contributed by atoms with E-state index in [1.54, 1.807) is 11.2 Å². The van der Waals surface area contributed by atoms with Gasteiger partial charge in [0, 0.05) is 24.7 Å². The van der Waals surface area contributed by atoms with E-state index in [-0.39, 0.29) is 12.0 Å². The molecule has 0 spiro atoms. The summed E-state index contributed by atoms with van der Waals surface area (Å²) in [5.41, 5.74) is 7.83. The SMILES string of the molecule is CN(C)Cc1nc(Nc2ccc(-c3cnc4ccc5occc5n34)c3c2C(=O)NC3)ccc1N1CCOC1=O. The molecule has 0 atom stereocenters. The van der Waals surface area contributed by atoms with E-state index < -0.39 is 0 Å². The predicted octanol–water partition coefficient (Wildman–Crippen LogP) is 4.15. The number of cyclic esters (lactones) is 1. The van der Waals surface area contributed by atoms with Crippen molar-refractivity contribution in [1.82, 2.24) is 24.6 Å². The number of furan rings is 1. The second-order valence-corrected chi connectivity index (χ2v) is 9.83. The Morgan fingerprint density at radius 3 is 2.82 bits per heavy atom. The summed E-state index contributed by atoms with van der Waals surface area (Å²) in [6, 6.07) is 13.3. The second kappa shape index (κ2) is 8.84. The molecule has 4 aromatic heterocycles. The van der Waals surface area contributed by atoms with Crippen LogP contribution < -0.4 is 15.5 Å². The van der Waals surface area contributed by atoms with Gasteiger partial charge in [-0.2, -0.15) is 0 Å². The predicted molar refractivity (Wildman–Crippen MR) is 145 cm³/mol. The molecule has 0 unspecified atom stereocenters. The fourth-order valence-corrected chi connectivity index (χ4v) is 5.37. The third kappa shape index (κ3) is 3.77. The number of hydrogen-bond donors (Lipinski definition) is 2. The van der Waals surface area contributed by atoms with Gasteiger partial charge in [0.05, 0.1) is 52.8 Å². The molecule has 2 amide bonds. The minimum atomic E-state index is -0.373. The summed E-state index contributed by atoms with van der Waals surface area (Å²) in [5.74, 6) is 0.425. The molecule has 2 aliphatic heterocycles. The van der Waals surface area contributed by atoms with Gasteiger partial charge in [-0.1, -0.05) is 6.07 Å². The van der Waals surface area contributed by atoms with Crippen molar-refractivity contribution in [2.75, 3.05) is 37.5 Å². The van der Waals surface area contributed by atoms with Gasteiger partial charge in [0.2, 0.25) is 0 Å². The van der Waals surface area contributed by atoms with Crippen LogP contribution in [0.15, 0.2) is 59.3 Å². The highest BCUT2D eigenvalue weighted by Crippen LogP contribution is 2.37. The molecule has 2 aliphatic rings. The number of ether oxygens (including phenoxy) is 1. The number of carbonyl (C=O) groups excluding carboxylic acids is 2. The van der Waals surface area contributed by atoms with Crippen molar-refractivity contribution in [2.45, 2.75) is 13.1 Å². The van der Waals surface area contributed by atoms with Crippen LogP contribution in [-0.4, -0.2) is 58.5 Å². The molecular formula is C28H25N7O4. The zero-order valence-electron chi connectivity index (χ0n) is 21.4. The van der Waals surface area contributed by atoms with Gasteiger partial charge in [-0.15, -0.1) is 0 Å². The molecule has 5 aromatic rings. The Balaban J connectivity index is 1.29. The molecule has 39 heavy (non-hydrogen) atoms. The number of carbonyl (C=O) groups is 2. The topological polar surface area (TPSA) is 117 Å². The van der Waals surface area contributed by atoms with Crippen molar-refractivity contribution in [3.8, 4) is 11.3 Å². The lowest BCUT2D eigenvalue weighted by atomic mass is 9.99. The third-order valence-electron chi connectivity index (χ3n) is 7.06. The molecule has 6 heterocycles. The number of nitrogens with one attached hydrogen (secondary N) is 2. The van der Waals surface area contributed by atoms with Gasteiger partial charge in [0.15, 0.2) is 5.58 Å². The summed E-state index contributed by atoms with van der Waals surface area (Å²) in [6.45, 7) is 1.77. The molecule has 0 radical (unpaired) electrons. The van der Waals surface area contributed by atoms with Gasteiger partial charge in [0.25, 0.3) is 5.91 Å². The Kier molecular flexibility index (Phi) is 5.27. The van der Waals surface area contributed by atoms with Crippen LogP contribution in [0.1, 0.15) is 21.6 Å². The first-order chi connectivity index (χ1) is 19.0. The number of hydrogen-bond acceptors (Lipinski definition) is 8. The first-order valence-corrected chi connectivity index (χ1v) is 12.6. The van der Waals surface area contributed by atoms with Crippen LogP contribution in [0.3, 0.4) is 0 Å². The van der Waals surface area contributed by atoms with Crippen LogP contribution in [0, 0.1) is 0 Å². The van der Waals surface area contributed by atoms with Crippen molar-refractivity contribution in [3.05, 3.63) is 71.7 Å². The van der Waals surface area contributed by atoms with Crippen molar-refractivity contribution in [3.63, 3.8) is 0 Å². The van der Waals surface area contributed by atoms with E-state index in [1.807, 2.05) is 72.1 Å². The van der Waals surface area contributed by atoms with Gasteiger partial charge in [-0.05, 0) is 50.0 Å². The van der Waals surface area contributed by atoms with E-state index in [1.165, 1.54) is 0 Å². The highest BCUT2D eigenvalue weighted by Gasteiger charge is 2.29. The maximum atomic E-state index is 13.0. The van der Waals surface area contributed by atoms with Crippen LogP contribution in [-0.2, 0) is 17.8 Å². The smallest absolute Gasteiger partial charge is 0.414 e. The average molecular weight is 524 g/mol. The highest BCUT2D eigenvalue weighted by molar-refractivity contribution is 6.06. The van der Waals surface area contributed by atoms with E-state index >= 15 is 0 Å². The number of aromatic nitrogens is 3. The first kappa shape index (κ1) is 23.2. The van der Waals surface area contributed by atoms with Crippen LogP contribution in [0.4, 0.5) is 22.0 Å². The minimum absolute atomic E-state index is 0.151. The molecule has 196 valence electrons. The molecular weight excluding hydrogens is 498 g/mol. The molecule has 11 heteroatoms. The number of rotatable bonds is 6. The summed E-state index contributed by atoms with van der Waals surface area (Å²) in [5, 5.41) is 6.32. The van der Waals surface area contributed by atoms with E-state index in [4.69, 9.17) is 14.1 Å². The maximum Gasteiger partial charge on any atom is 0.414 e. The van der Waals surface area contributed by atoms with E-state index in [2.05, 4.69) is 15.6 Å². The Hall–Kier alpha value is -4.90. The monoisotopic (exact) mass is 523 g/mol. The van der Waals surface area contributed by atoms with Gasteiger partial charge in [0.1, 0.15) is 18.1 Å². The van der Waals surface area contributed by atoms with Crippen LogP contribution in [0.5, 0.6) is 0 Å². The lowest BCUT2D eigenvalue weighted by molar-refractivity contribution is 0.0966. The third-order valence-corrected chi connectivity index (χ3v) is 7.06. The summed E-state index contributed by atoms with van der Waals surface area (Å²) in [6.07, 6.45) is 3.11. The Labute approximate surface area is 223 Å². The highest BCUT2D eigenvalue weighted by atomic mass is 16.6. The number of fused-ring (bicyclic) bond motifs is 4. The summed E-state index contributed by atoms with van der Waals surface area (Å²) < 4.78 is 12.8. The first-order valence-electron chi connectivity index (χ1n) is 12.6. The van der Waals surface area contributed by atoms with E-state index in [0.717, 1.165) is 39.3 Å². The standard InChI is InChI=1S/C28H25N7O4/c1-33(2)15-19-20(34-10-12-39-28(34)37)5-7-24(32-19)31-18-4-3-16(17-13-30-27(36)26(17)18)22-14-29-25-8-6-23-21(35(22)25)9-11-38-23/h3-9,11,14H,10,12-13,15H2,1-2H3,(H,30,36)(H,31,32). The molecule has 0 aliphatic carbocycles. The van der Waals surface area contributed by atoms with Crippen LogP contribution in [0.2, 0.25) is 0 Å². The maximum absolute atomic E-state index is 13.0. The second-order valence-electron chi connectivity index (χ2n) is 9.83. The summed E-state index contributed by atoms with van der Waals surface area (Å²) in [4.78, 5) is 38.2. The minimum Gasteiger partial charge on any atom is -0.463 e. The van der Waals surface area contributed by atoms with Crippen LogP contribution in [0.25, 0.3) is 28.0 Å². The number of pyridine rings is 2. The fourth-order valence-electron chi connectivity index (χ4n) is 5.37. The molecule has 2 N–H and O–H groups in total. The Morgan fingerprint density at radius 2 is 2.00 bits per heavy atom. The number of anilines is 3. The molecule has 1 saturated heterocycles. The molecule has 1 fully saturated rings. The summed E-state index contributed by atoms with van der Waals surface area (Å²) >= 11 is 0. The Morgan fingerprint density at radius 1 is 1.10 bits per heavy atom. The van der Waals surface area contributed by atoms with Gasteiger partial charge < -0.3 is 24.7 Å². The Bertz CT molecular complexity index is 1790. The molecule has 0 bridgehead atoms. The van der Waals surface area contributed by atoms with Crippen molar-refractivity contribution >= 4 is 45.9 Å². The molecule has 1 aromatic carbocycles. The lowest BCUT2D eigenvalue weighted by Crippen LogP contribution is -2.26. The van der Waals surface area contributed by atoms with E-state index in [9.17, 15) is 9.59 Å². The number of benzene rings is 1. The van der Waals surface area contributed by atoms with Gasteiger partial charge >= 0.3 is 6.09 Å². The number of amides is 2. The average Bonchev–Trinajstić information content (AvgIpc) is 3.71. The quantitative estimate of drug-likeness (QED) is 0.341. The fraction of sp³-hybridized carbons (Fsp3) is 0.214. The summed E-state index contributed by atoms with van der Waals surface area (Å²) in [7, 11) is 3.89. The zero-order chi connectivity index (χ0) is 26.7. The normalized spacial score (nSPS) is 14.9. The number of nitrogens with zero attached hydrogens (tertiary/aromatic N) is 5. The van der Waals surface area contributed by atoms with Gasteiger partial charge in [-0.3, -0.25) is 14.1 Å². The van der Waals surface area contributed by atoms with Crippen molar-refractivity contribution in [1.29, 1.82) is 0 Å². The molecule has 7 rings (SSSR count). The number of imidazole rings is 1. The van der Waals surface area contributed by atoms with E-state index in [0.29, 0.717) is 49.0 Å². The van der Waals surface area contributed by atoms with Crippen molar-refractivity contribution < 1.29 is 18.7 Å². The van der Waals surface area contributed by atoms with Crippen LogP contribution >= 0.6 is 0 Å². The van der Waals surface area contributed by atoms with Gasteiger partial charge in [-0.25, -0.2) is 14.8 Å². The molecule has 0 saturated carbocycles. The lowest BCUT2D eigenvalue weighted by Gasteiger charge is -2.20.